The Hall–Kier alpha value is -2.40. The summed E-state index contributed by atoms with van der Waals surface area (Å²) >= 11 is 0. The smallest absolute Gasteiger partial charge is 0.313 e. The number of nitrogens with one attached hydrogen (secondary N) is 2. The highest BCUT2D eigenvalue weighted by atomic mass is 16.3. The second kappa shape index (κ2) is 7.45. The SMILES string of the molecule is O=C(Nc1cccc2ccccc12)C(=O)NC1CCC(CO)CC1. The Morgan fingerprint density at radius 3 is 2.42 bits per heavy atom. The number of aliphatic hydroxyl groups is 1. The molecule has 5 heteroatoms. The van der Waals surface area contributed by atoms with Crippen molar-refractivity contribution in [3.8, 4) is 0 Å². The normalized spacial score (nSPS) is 20.5. The Morgan fingerprint density at radius 2 is 1.67 bits per heavy atom. The van der Waals surface area contributed by atoms with Gasteiger partial charge in [0.15, 0.2) is 0 Å². The lowest BCUT2D eigenvalue weighted by Gasteiger charge is -2.27. The van der Waals surface area contributed by atoms with E-state index in [0.717, 1.165) is 36.5 Å². The Kier molecular flexibility index (Phi) is 5.11. The first-order chi connectivity index (χ1) is 11.7. The Morgan fingerprint density at radius 1 is 0.958 bits per heavy atom. The van der Waals surface area contributed by atoms with E-state index in [0.29, 0.717) is 11.6 Å². The number of amides is 2. The first-order valence-electron chi connectivity index (χ1n) is 8.38. The Bertz CT molecular complexity index is 731. The molecule has 2 amide bonds. The standard InChI is InChI=1S/C19H22N2O3/c22-12-13-8-10-15(11-9-13)20-18(23)19(24)21-17-7-3-5-14-4-1-2-6-16(14)17/h1-7,13,15,22H,8-12H2,(H,20,23)(H,21,24). The average Bonchev–Trinajstić information content (AvgIpc) is 2.62. The van der Waals surface area contributed by atoms with Gasteiger partial charge < -0.3 is 15.7 Å². The predicted octanol–water partition coefficient (Wildman–Crippen LogP) is 2.45. The molecule has 0 spiro atoms. The van der Waals surface area contributed by atoms with Crippen LogP contribution in [0.2, 0.25) is 0 Å². The van der Waals surface area contributed by atoms with Crippen molar-refractivity contribution in [3.63, 3.8) is 0 Å². The fourth-order valence-electron chi connectivity index (χ4n) is 3.25. The molecule has 126 valence electrons. The molecule has 3 N–H and O–H groups in total. The van der Waals surface area contributed by atoms with Gasteiger partial charge in [-0.3, -0.25) is 9.59 Å². The minimum absolute atomic E-state index is 0.0126. The van der Waals surface area contributed by atoms with Crippen LogP contribution < -0.4 is 10.6 Å². The van der Waals surface area contributed by atoms with Crippen molar-refractivity contribution in [3.05, 3.63) is 42.5 Å². The van der Waals surface area contributed by atoms with E-state index in [1.54, 1.807) is 6.07 Å². The molecular formula is C19H22N2O3. The van der Waals surface area contributed by atoms with E-state index in [-0.39, 0.29) is 12.6 Å². The Balaban J connectivity index is 1.61. The van der Waals surface area contributed by atoms with Gasteiger partial charge >= 0.3 is 11.8 Å². The molecule has 3 rings (SSSR count). The third kappa shape index (κ3) is 3.74. The molecule has 2 aromatic rings. The van der Waals surface area contributed by atoms with Crippen LogP contribution in [0.15, 0.2) is 42.5 Å². The molecule has 0 aromatic heterocycles. The lowest BCUT2D eigenvalue weighted by atomic mass is 9.86. The first-order valence-corrected chi connectivity index (χ1v) is 8.38. The summed E-state index contributed by atoms with van der Waals surface area (Å²) in [6, 6.07) is 13.3. The van der Waals surface area contributed by atoms with Gasteiger partial charge in [0.05, 0.1) is 0 Å². The van der Waals surface area contributed by atoms with E-state index in [9.17, 15) is 9.59 Å². The second-order valence-electron chi connectivity index (χ2n) is 6.35. The number of aliphatic hydroxyl groups excluding tert-OH is 1. The molecule has 2 aromatic carbocycles. The number of fused-ring (bicyclic) bond motifs is 1. The molecule has 0 heterocycles. The Labute approximate surface area is 141 Å². The molecule has 1 saturated carbocycles. The zero-order chi connectivity index (χ0) is 16.9. The molecule has 0 radical (unpaired) electrons. The summed E-state index contributed by atoms with van der Waals surface area (Å²) < 4.78 is 0. The summed E-state index contributed by atoms with van der Waals surface area (Å²) in [4.78, 5) is 24.3. The van der Waals surface area contributed by atoms with Crippen molar-refractivity contribution in [1.82, 2.24) is 5.32 Å². The first kappa shape index (κ1) is 16.5. The van der Waals surface area contributed by atoms with Crippen LogP contribution in [-0.2, 0) is 9.59 Å². The molecule has 0 aliphatic heterocycles. The van der Waals surface area contributed by atoms with Crippen LogP contribution in [-0.4, -0.2) is 29.6 Å². The summed E-state index contributed by atoms with van der Waals surface area (Å²) in [7, 11) is 0. The van der Waals surface area contributed by atoms with Crippen LogP contribution in [0.25, 0.3) is 10.8 Å². The molecule has 1 fully saturated rings. The number of hydrogen-bond acceptors (Lipinski definition) is 3. The number of benzene rings is 2. The summed E-state index contributed by atoms with van der Waals surface area (Å²) in [5, 5.41) is 16.6. The minimum Gasteiger partial charge on any atom is -0.396 e. The summed E-state index contributed by atoms with van der Waals surface area (Å²) in [6.45, 7) is 0.197. The number of carbonyl (C=O) groups is 2. The van der Waals surface area contributed by atoms with E-state index in [4.69, 9.17) is 5.11 Å². The van der Waals surface area contributed by atoms with Crippen LogP contribution in [0.4, 0.5) is 5.69 Å². The van der Waals surface area contributed by atoms with Gasteiger partial charge in [0.2, 0.25) is 0 Å². The molecule has 5 nitrogen and oxygen atoms in total. The number of rotatable bonds is 3. The van der Waals surface area contributed by atoms with Gasteiger partial charge in [0.1, 0.15) is 0 Å². The minimum atomic E-state index is -0.643. The maximum absolute atomic E-state index is 12.2. The van der Waals surface area contributed by atoms with E-state index in [1.165, 1.54) is 0 Å². The molecule has 0 saturated heterocycles. The van der Waals surface area contributed by atoms with Crippen molar-refractivity contribution < 1.29 is 14.7 Å². The highest BCUT2D eigenvalue weighted by molar-refractivity contribution is 6.40. The van der Waals surface area contributed by atoms with Crippen molar-refractivity contribution in [2.75, 3.05) is 11.9 Å². The fraction of sp³-hybridized carbons (Fsp3) is 0.368. The lowest BCUT2D eigenvalue weighted by Crippen LogP contribution is -2.43. The zero-order valence-electron chi connectivity index (χ0n) is 13.5. The van der Waals surface area contributed by atoms with Gasteiger partial charge in [-0.2, -0.15) is 0 Å². The molecule has 24 heavy (non-hydrogen) atoms. The van der Waals surface area contributed by atoms with Crippen LogP contribution in [0.1, 0.15) is 25.7 Å². The molecule has 0 atom stereocenters. The van der Waals surface area contributed by atoms with E-state index < -0.39 is 11.8 Å². The van der Waals surface area contributed by atoms with Crippen LogP contribution in [0, 0.1) is 5.92 Å². The largest absolute Gasteiger partial charge is 0.396 e. The highest BCUT2D eigenvalue weighted by Crippen LogP contribution is 2.24. The summed E-state index contributed by atoms with van der Waals surface area (Å²) in [5.41, 5.74) is 0.636. The van der Waals surface area contributed by atoms with Crippen molar-refractivity contribution in [1.29, 1.82) is 0 Å². The maximum Gasteiger partial charge on any atom is 0.313 e. The zero-order valence-corrected chi connectivity index (χ0v) is 13.5. The second-order valence-corrected chi connectivity index (χ2v) is 6.35. The molecular weight excluding hydrogens is 304 g/mol. The molecule has 1 aliphatic rings. The van der Waals surface area contributed by atoms with Gasteiger partial charge in [0, 0.05) is 23.7 Å². The highest BCUT2D eigenvalue weighted by Gasteiger charge is 2.24. The summed E-state index contributed by atoms with van der Waals surface area (Å²) in [6.07, 6.45) is 3.37. The van der Waals surface area contributed by atoms with Crippen molar-refractivity contribution in [2.24, 2.45) is 5.92 Å². The van der Waals surface area contributed by atoms with Gasteiger partial charge in [-0.1, -0.05) is 36.4 Å². The van der Waals surface area contributed by atoms with E-state index in [2.05, 4.69) is 10.6 Å². The van der Waals surface area contributed by atoms with E-state index in [1.807, 2.05) is 36.4 Å². The fourth-order valence-corrected chi connectivity index (χ4v) is 3.25. The molecule has 0 unspecified atom stereocenters. The predicted molar refractivity (Wildman–Crippen MR) is 93.6 cm³/mol. The van der Waals surface area contributed by atoms with Crippen molar-refractivity contribution in [2.45, 2.75) is 31.7 Å². The molecule has 1 aliphatic carbocycles. The average molecular weight is 326 g/mol. The maximum atomic E-state index is 12.2. The van der Waals surface area contributed by atoms with Gasteiger partial charge in [-0.15, -0.1) is 0 Å². The third-order valence-electron chi connectivity index (χ3n) is 4.68. The number of carbonyl (C=O) groups excluding carboxylic acids is 2. The van der Waals surface area contributed by atoms with Crippen LogP contribution in [0.3, 0.4) is 0 Å². The monoisotopic (exact) mass is 326 g/mol. The number of anilines is 1. The van der Waals surface area contributed by atoms with Gasteiger partial charge in [-0.05, 0) is 43.1 Å². The van der Waals surface area contributed by atoms with Crippen LogP contribution >= 0.6 is 0 Å². The topological polar surface area (TPSA) is 78.4 Å². The lowest BCUT2D eigenvalue weighted by molar-refractivity contribution is -0.136. The summed E-state index contributed by atoms with van der Waals surface area (Å²) in [5.74, 6) is -0.923. The van der Waals surface area contributed by atoms with E-state index >= 15 is 0 Å². The third-order valence-corrected chi connectivity index (χ3v) is 4.68. The van der Waals surface area contributed by atoms with Crippen molar-refractivity contribution >= 4 is 28.3 Å². The van der Waals surface area contributed by atoms with Gasteiger partial charge in [0.25, 0.3) is 0 Å². The van der Waals surface area contributed by atoms with Crippen LogP contribution in [0.5, 0.6) is 0 Å². The molecule has 0 bridgehead atoms. The van der Waals surface area contributed by atoms with Gasteiger partial charge in [-0.25, -0.2) is 0 Å². The quantitative estimate of drug-likeness (QED) is 0.758. The number of hydrogen-bond donors (Lipinski definition) is 3.